The molecule has 0 aliphatic heterocycles. The van der Waals surface area contributed by atoms with Crippen LogP contribution in [0.25, 0.3) is 0 Å². The first kappa shape index (κ1) is 61.1. The molecule has 0 rings (SSSR count). The number of carbonyl (C=O) groups is 3. The van der Waals surface area contributed by atoms with Gasteiger partial charge >= 0.3 is 17.9 Å². The van der Waals surface area contributed by atoms with Gasteiger partial charge < -0.3 is 14.2 Å². The van der Waals surface area contributed by atoms with E-state index in [1.807, 2.05) is 0 Å². The van der Waals surface area contributed by atoms with Crippen LogP contribution in [0.5, 0.6) is 0 Å². The Labute approximate surface area is 396 Å². The van der Waals surface area contributed by atoms with Gasteiger partial charge in [0.15, 0.2) is 6.10 Å². The van der Waals surface area contributed by atoms with E-state index in [2.05, 4.69) is 81.5 Å². The molecule has 0 N–H and O–H groups in total. The van der Waals surface area contributed by atoms with Gasteiger partial charge in [0.2, 0.25) is 0 Å². The second-order valence-electron chi connectivity index (χ2n) is 18.1. The van der Waals surface area contributed by atoms with E-state index < -0.39 is 6.10 Å². The van der Waals surface area contributed by atoms with Crippen molar-refractivity contribution in [2.24, 2.45) is 0 Å². The number of ether oxygens (including phenoxy) is 3. The normalized spacial score (nSPS) is 12.5. The van der Waals surface area contributed by atoms with E-state index in [0.29, 0.717) is 19.3 Å². The molecule has 0 aliphatic rings. The molecule has 370 valence electrons. The molecule has 1 unspecified atom stereocenters. The maximum absolute atomic E-state index is 12.8. The molecule has 64 heavy (non-hydrogen) atoms. The van der Waals surface area contributed by atoms with Crippen LogP contribution < -0.4 is 0 Å². The molecule has 0 spiro atoms. The Morgan fingerprint density at radius 2 is 0.609 bits per heavy atom. The van der Waals surface area contributed by atoms with Gasteiger partial charge in [0.1, 0.15) is 13.2 Å². The predicted molar refractivity (Wildman–Crippen MR) is 275 cm³/mol. The molecule has 0 aromatic carbocycles. The summed E-state index contributed by atoms with van der Waals surface area (Å²) in [7, 11) is 0. The lowest BCUT2D eigenvalue weighted by molar-refractivity contribution is -0.167. The van der Waals surface area contributed by atoms with E-state index in [-0.39, 0.29) is 31.1 Å². The molecule has 1 atom stereocenters. The van der Waals surface area contributed by atoms with Crippen LogP contribution in [0.4, 0.5) is 0 Å². The van der Waals surface area contributed by atoms with Gasteiger partial charge in [-0.1, -0.05) is 229 Å². The summed E-state index contributed by atoms with van der Waals surface area (Å²) < 4.78 is 16.8. The van der Waals surface area contributed by atoms with Crippen LogP contribution in [0.1, 0.15) is 271 Å². The van der Waals surface area contributed by atoms with Gasteiger partial charge in [0.05, 0.1) is 0 Å². The fourth-order valence-corrected chi connectivity index (χ4v) is 7.66. The van der Waals surface area contributed by atoms with Crippen molar-refractivity contribution in [2.45, 2.75) is 277 Å². The number of allylic oxidation sites excluding steroid dienone is 10. The van der Waals surface area contributed by atoms with Crippen LogP contribution in [0.15, 0.2) is 60.8 Å². The smallest absolute Gasteiger partial charge is 0.306 e. The van der Waals surface area contributed by atoms with Crippen LogP contribution >= 0.6 is 0 Å². The lowest BCUT2D eigenvalue weighted by atomic mass is 10.1. The molecule has 0 aromatic rings. The number of esters is 3. The third kappa shape index (κ3) is 50.1. The van der Waals surface area contributed by atoms with E-state index in [0.717, 1.165) is 103 Å². The van der Waals surface area contributed by atoms with Gasteiger partial charge in [-0.3, -0.25) is 14.4 Å². The Hall–Kier alpha value is -2.89. The summed E-state index contributed by atoms with van der Waals surface area (Å²) in [5.41, 5.74) is 0. The molecule has 0 bridgehead atoms. The average molecular weight is 895 g/mol. The minimum Gasteiger partial charge on any atom is -0.462 e. The molecule has 0 saturated carbocycles. The maximum Gasteiger partial charge on any atom is 0.306 e. The third-order valence-corrected chi connectivity index (χ3v) is 11.8. The van der Waals surface area contributed by atoms with Crippen LogP contribution in [-0.2, 0) is 28.6 Å². The van der Waals surface area contributed by atoms with Crippen molar-refractivity contribution < 1.29 is 28.6 Å². The van der Waals surface area contributed by atoms with Gasteiger partial charge in [0.25, 0.3) is 0 Å². The summed E-state index contributed by atoms with van der Waals surface area (Å²) in [6.45, 7) is 6.50. The Kier molecular flexibility index (Phi) is 50.4. The molecular formula is C58H102O6. The molecule has 6 nitrogen and oxygen atoms in total. The van der Waals surface area contributed by atoms with Gasteiger partial charge in [-0.2, -0.15) is 0 Å². The van der Waals surface area contributed by atoms with E-state index in [9.17, 15) is 14.4 Å². The highest BCUT2D eigenvalue weighted by atomic mass is 16.6. The fourth-order valence-electron chi connectivity index (χ4n) is 7.66. The van der Waals surface area contributed by atoms with Crippen molar-refractivity contribution in [3.8, 4) is 0 Å². The molecule has 0 fully saturated rings. The number of rotatable bonds is 49. The summed E-state index contributed by atoms with van der Waals surface area (Å²) in [4.78, 5) is 38.0. The number of carbonyl (C=O) groups excluding carboxylic acids is 3. The lowest BCUT2D eigenvalue weighted by Crippen LogP contribution is -2.30. The van der Waals surface area contributed by atoms with Crippen molar-refractivity contribution in [3.05, 3.63) is 60.8 Å². The van der Waals surface area contributed by atoms with Gasteiger partial charge in [0, 0.05) is 19.3 Å². The summed E-state index contributed by atoms with van der Waals surface area (Å²) in [5, 5.41) is 0. The zero-order valence-electron chi connectivity index (χ0n) is 42.3. The highest BCUT2D eigenvalue weighted by Gasteiger charge is 2.19. The fraction of sp³-hybridized carbons (Fsp3) is 0.776. The predicted octanol–water partition coefficient (Wildman–Crippen LogP) is 18.0. The van der Waals surface area contributed by atoms with Gasteiger partial charge in [-0.05, 0) is 83.5 Å². The first-order valence-electron chi connectivity index (χ1n) is 27.3. The Balaban J connectivity index is 4.31. The average Bonchev–Trinajstić information content (AvgIpc) is 3.29. The van der Waals surface area contributed by atoms with Crippen molar-refractivity contribution in [1.82, 2.24) is 0 Å². The summed E-state index contributed by atoms with van der Waals surface area (Å²) >= 11 is 0. The van der Waals surface area contributed by atoms with Crippen LogP contribution in [0.3, 0.4) is 0 Å². The van der Waals surface area contributed by atoms with Crippen molar-refractivity contribution in [1.29, 1.82) is 0 Å². The Bertz CT molecular complexity index is 1170. The second-order valence-corrected chi connectivity index (χ2v) is 18.1. The Morgan fingerprint density at radius 1 is 0.328 bits per heavy atom. The molecule has 0 radical (unpaired) electrons. The quantitative estimate of drug-likeness (QED) is 0.0262. The molecule has 0 saturated heterocycles. The highest BCUT2D eigenvalue weighted by Crippen LogP contribution is 2.15. The van der Waals surface area contributed by atoms with Crippen LogP contribution in [0, 0.1) is 0 Å². The zero-order chi connectivity index (χ0) is 46.5. The molecule has 6 heteroatoms. The molecule has 0 amide bonds. The highest BCUT2D eigenvalue weighted by molar-refractivity contribution is 5.71. The lowest BCUT2D eigenvalue weighted by Gasteiger charge is -2.18. The number of unbranched alkanes of at least 4 members (excludes halogenated alkanes) is 28. The summed E-state index contributed by atoms with van der Waals surface area (Å²) in [6.07, 6.45) is 65.0. The monoisotopic (exact) mass is 895 g/mol. The number of hydrogen-bond donors (Lipinski definition) is 0. The van der Waals surface area contributed by atoms with Gasteiger partial charge in [-0.15, -0.1) is 0 Å². The molecular weight excluding hydrogens is 793 g/mol. The maximum atomic E-state index is 12.8. The third-order valence-electron chi connectivity index (χ3n) is 11.8. The SMILES string of the molecule is CC/C=C\C/C=C\C/C=C\CCCCCCCC(=O)OC(COC(=O)CCCCCCCCCCCC)COC(=O)CCCCCCCCCCC/C=C\C/C=C\CCCCCCC. The van der Waals surface area contributed by atoms with E-state index in [4.69, 9.17) is 14.2 Å². The largest absolute Gasteiger partial charge is 0.462 e. The molecule has 0 aliphatic carbocycles. The van der Waals surface area contributed by atoms with Crippen molar-refractivity contribution in [3.63, 3.8) is 0 Å². The molecule has 0 aromatic heterocycles. The van der Waals surface area contributed by atoms with Gasteiger partial charge in [-0.25, -0.2) is 0 Å². The first-order valence-corrected chi connectivity index (χ1v) is 27.3. The van der Waals surface area contributed by atoms with Crippen LogP contribution in [-0.4, -0.2) is 37.2 Å². The molecule has 0 heterocycles. The number of hydrogen-bond acceptors (Lipinski definition) is 6. The summed E-state index contributed by atoms with van der Waals surface area (Å²) in [6, 6.07) is 0. The van der Waals surface area contributed by atoms with Crippen molar-refractivity contribution >= 4 is 17.9 Å². The Morgan fingerprint density at radius 3 is 0.953 bits per heavy atom. The minimum absolute atomic E-state index is 0.0809. The van der Waals surface area contributed by atoms with E-state index in [1.54, 1.807) is 0 Å². The standard InChI is InChI=1S/C58H102O6/c1-4-7-10-13-16-19-22-24-26-27-28-29-30-31-33-34-36-39-42-45-48-51-57(60)63-54-55(53-62-56(59)50-47-44-41-38-21-18-15-12-9-6-3)64-58(61)52-49-46-43-40-37-35-32-25-23-20-17-14-11-8-5-2/h8,11,17,20,22,24-25,27-28,32,55H,4-7,9-10,12-16,18-19,21,23,26,29-31,33-54H2,1-3H3/b11-8-,20-17-,24-22-,28-27-,32-25-. The first-order chi connectivity index (χ1) is 31.5. The summed E-state index contributed by atoms with van der Waals surface area (Å²) in [5.74, 6) is -0.897. The zero-order valence-corrected chi connectivity index (χ0v) is 42.3. The topological polar surface area (TPSA) is 78.9 Å². The van der Waals surface area contributed by atoms with E-state index in [1.165, 1.54) is 128 Å². The minimum atomic E-state index is -0.782. The second kappa shape index (κ2) is 52.7. The van der Waals surface area contributed by atoms with Crippen molar-refractivity contribution in [2.75, 3.05) is 13.2 Å². The van der Waals surface area contributed by atoms with E-state index >= 15 is 0 Å². The van der Waals surface area contributed by atoms with Crippen LogP contribution in [0.2, 0.25) is 0 Å².